The van der Waals surface area contributed by atoms with Crippen molar-refractivity contribution in [2.75, 3.05) is 18.6 Å². The lowest BCUT2D eigenvalue weighted by Crippen LogP contribution is -2.31. The van der Waals surface area contributed by atoms with E-state index in [-0.39, 0.29) is 11.7 Å². The van der Waals surface area contributed by atoms with Crippen LogP contribution < -0.4 is 4.90 Å². The van der Waals surface area contributed by atoms with Crippen LogP contribution in [0, 0.1) is 12.8 Å². The maximum absolute atomic E-state index is 11.7. The van der Waals surface area contributed by atoms with Crippen LogP contribution in [-0.2, 0) is 4.74 Å². The molecule has 2 atom stereocenters. The van der Waals surface area contributed by atoms with Crippen molar-refractivity contribution in [2.24, 2.45) is 5.92 Å². The molecule has 30 heavy (non-hydrogen) atoms. The Kier molecular flexibility index (Phi) is 11.4. The second kappa shape index (κ2) is 13.2. The smallest absolute Gasteiger partial charge is 0.358 e. The van der Waals surface area contributed by atoms with Gasteiger partial charge in [0.25, 0.3) is 0 Å². The molecule has 2 unspecified atom stereocenters. The first-order valence-electron chi connectivity index (χ1n) is 10.8. The van der Waals surface area contributed by atoms with Crippen LogP contribution in [0.4, 0.5) is 5.82 Å². The average Bonchev–Trinajstić information content (AvgIpc) is 2.79. The highest BCUT2D eigenvalue weighted by molar-refractivity contribution is 6.32. The standard InChI is InChI=1S/C22H30ClN3O2.C2H6/c1-6-15(3)11-12-26(20-14-24-18(13-25-20)22(27)28-5)19(7-2)17-10-8-9-16(4)21(17)23;1-2/h8-10,13-15,19H,6-7,11-12H2,1-5H3;1-2H3. The molecular formula is C24H36ClN3O2. The predicted octanol–water partition coefficient (Wildman–Crippen LogP) is 6.65. The lowest BCUT2D eigenvalue weighted by atomic mass is 9.98. The summed E-state index contributed by atoms with van der Waals surface area (Å²) >= 11 is 6.65. The number of rotatable bonds is 9. The Morgan fingerprint density at radius 3 is 2.40 bits per heavy atom. The largest absolute Gasteiger partial charge is 0.464 e. The van der Waals surface area contributed by atoms with Gasteiger partial charge in [-0.25, -0.2) is 14.8 Å². The second-order valence-corrected chi connectivity index (χ2v) is 7.53. The molecule has 6 heteroatoms. The van der Waals surface area contributed by atoms with Crippen LogP contribution in [0.1, 0.15) is 81.5 Å². The third kappa shape index (κ3) is 6.69. The SMILES string of the molecule is CC.CCC(C)CCN(c1cnc(C(=O)OC)cn1)C(CC)c1cccc(C)c1Cl. The van der Waals surface area contributed by atoms with Gasteiger partial charge in [0, 0.05) is 11.6 Å². The molecule has 0 aliphatic rings. The summed E-state index contributed by atoms with van der Waals surface area (Å²) in [6, 6.07) is 6.22. The number of methoxy groups -OCH3 is 1. The van der Waals surface area contributed by atoms with E-state index >= 15 is 0 Å². The van der Waals surface area contributed by atoms with E-state index in [1.807, 2.05) is 32.9 Å². The monoisotopic (exact) mass is 433 g/mol. The quantitative estimate of drug-likeness (QED) is 0.414. The van der Waals surface area contributed by atoms with Crippen LogP contribution in [0.25, 0.3) is 0 Å². The van der Waals surface area contributed by atoms with E-state index < -0.39 is 5.97 Å². The van der Waals surface area contributed by atoms with Crippen molar-refractivity contribution in [1.82, 2.24) is 9.97 Å². The number of hydrogen-bond donors (Lipinski definition) is 0. The maximum Gasteiger partial charge on any atom is 0.358 e. The molecule has 0 fully saturated rings. The molecule has 0 spiro atoms. The summed E-state index contributed by atoms with van der Waals surface area (Å²) in [5.74, 6) is 0.856. The topological polar surface area (TPSA) is 55.3 Å². The van der Waals surface area contributed by atoms with Crippen LogP contribution in [0.3, 0.4) is 0 Å². The Balaban J connectivity index is 0.00000218. The Morgan fingerprint density at radius 1 is 1.17 bits per heavy atom. The zero-order valence-corrected chi connectivity index (χ0v) is 20.2. The van der Waals surface area contributed by atoms with Gasteiger partial charge in [-0.15, -0.1) is 0 Å². The van der Waals surface area contributed by atoms with Gasteiger partial charge in [-0.2, -0.15) is 0 Å². The molecule has 1 heterocycles. The Hall–Kier alpha value is -2.14. The minimum absolute atomic E-state index is 0.0785. The molecule has 0 saturated heterocycles. The van der Waals surface area contributed by atoms with Crippen molar-refractivity contribution in [3.63, 3.8) is 0 Å². The summed E-state index contributed by atoms with van der Waals surface area (Å²) in [5, 5.41) is 0.794. The number of halogens is 1. The zero-order chi connectivity index (χ0) is 22.7. The van der Waals surface area contributed by atoms with Crippen molar-refractivity contribution in [2.45, 2.75) is 66.8 Å². The first kappa shape index (κ1) is 25.9. The van der Waals surface area contributed by atoms with Crippen LogP contribution in [0.5, 0.6) is 0 Å². The second-order valence-electron chi connectivity index (χ2n) is 7.15. The van der Waals surface area contributed by atoms with Crippen molar-refractivity contribution in [3.8, 4) is 0 Å². The van der Waals surface area contributed by atoms with Gasteiger partial charge in [0.05, 0.1) is 25.5 Å². The number of ether oxygens (including phenoxy) is 1. The molecule has 0 N–H and O–H groups in total. The first-order valence-corrected chi connectivity index (χ1v) is 11.2. The summed E-state index contributed by atoms with van der Waals surface area (Å²) in [7, 11) is 1.34. The van der Waals surface area contributed by atoms with E-state index in [4.69, 9.17) is 16.3 Å². The van der Waals surface area contributed by atoms with Crippen molar-refractivity contribution >= 4 is 23.4 Å². The molecule has 5 nitrogen and oxygen atoms in total. The Morgan fingerprint density at radius 2 is 1.87 bits per heavy atom. The molecule has 0 aliphatic carbocycles. The summed E-state index contributed by atoms with van der Waals surface area (Å²) in [6.07, 6.45) is 6.17. The molecule has 0 bridgehead atoms. The van der Waals surface area contributed by atoms with Gasteiger partial charge in [0.1, 0.15) is 5.82 Å². The van der Waals surface area contributed by atoms with E-state index in [0.29, 0.717) is 5.92 Å². The van der Waals surface area contributed by atoms with E-state index in [0.717, 1.165) is 47.8 Å². The molecule has 1 aromatic heterocycles. The van der Waals surface area contributed by atoms with Crippen LogP contribution >= 0.6 is 11.6 Å². The van der Waals surface area contributed by atoms with E-state index in [9.17, 15) is 4.79 Å². The van der Waals surface area contributed by atoms with Gasteiger partial charge >= 0.3 is 5.97 Å². The minimum atomic E-state index is -0.487. The summed E-state index contributed by atoms with van der Waals surface area (Å²) in [4.78, 5) is 22.7. The predicted molar refractivity (Wildman–Crippen MR) is 125 cm³/mol. The fourth-order valence-electron chi connectivity index (χ4n) is 3.21. The zero-order valence-electron chi connectivity index (χ0n) is 19.4. The lowest BCUT2D eigenvalue weighted by molar-refractivity contribution is 0.0593. The summed E-state index contributed by atoms with van der Waals surface area (Å²) in [5.41, 5.74) is 2.36. The van der Waals surface area contributed by atoms with Gasteiger partial charge in [0.2, 0.25) is 0 Å². The third-order valence-electron chi connectivity index (χ3n) is 5.23. The Labute approximate surface area is 186 Å². The number of carbonyl (C=O) groups excluding carboxylic acids is 1. The molecule has 166 valence electrons. The molecule has 0 radical (unpaired) electrons. The van der Waals surface area contributed by atoms with Gasteiger partial charge in [-0.3, -0.25) is 0 Å². The highest BCUT2D eigenvalue weighted by atomic mass is 35.5. The number of anilines is 1. The number of hydrogen-bond acceptors (Lipinski definition) is 5. The summed E-state index contributed by atoms with van der Waals surface area (Å²) < 4.78 is 4.72. The van der Waals surface area contributed by atoms with E-state index in [2.05, 4.69) is 41.7 Å². The van der Waals surface area contributed by atoms with Crippen LogP contribution in [-0.4, -0.2) is 29.6 Å². The van der Waals surface area contributed by atoms with E-state index in [1.54, 1.807) is 6.20 Å². The highest BCUT2D eigenvalue weighted by Crippen LogP contribution is 2.34. The van der Waals surface area contributed by atoms with Gasteiger partial charge in [-0.1, -0.05) is 70.8 Å². The van der Waals surface area contributed by atoms with Gasteiger partial charge in [0.15, 0.2) is 5.69 Å². The first-order chi connectivity index (χ1) is 14.4. The number of nitrogens with zero attached hydrogens (tertiary/aromatic N) is 3. The number of aryl methyl sites for hydroxylation is 1. The van der Waals surface area contributed by atoms with E-state index in [1.165, 1.54) is 13.3 Å². The molecule has 1 aromatic carbocycles. The number of esters is 1. The highest BCUT2D eigenvalue weighted by Gasteiger charge is 2.24. The molecule has 2 rings (SSSR count). The average molecular weight is 434 g/mol. The van der Waals surface area contributed by atoms with Crippen molar-refractivity contribution < 1.29 is 9.53 Å². The van der Waals surface area contributed by atoms with Crippen molar-refractivity contribution in [1.29, 1.82) is 0 Å². The molecule has 0 amide bonds. The van der Waals surface area contributed by atoms with Gasteiger partial charge < -0.3 is 9.64 Å². The lowest BCUT2D eigenvalue weighted by Gasteiger charge is -2.34. The van der Waals surface area contributed by atoms with Gasteiger partial charge in [-0.05, 0) is 36.8 Å². The van der Waals surface area contributed by atoms with Crippen molar-refractivity contribution in [3.05, 3.63) is 52.4 Å². The third-order valence-corrected chi connectivity index (χ3v) is 5.75. The Bertz CT molecular complexity index is 781. The number of aromatic nitrogens is 2. The van der Waals surface area contributed by atoms with Crippen LogP contribution in [0.2, 0.25) is 5.02 Å². The maximum atomic E-state index is 11.7. The molecule has 0 aliphatic heterocycles. The van der Waals surface area contributed by atoms with Crippen LogP contribution in [0.15, 0.2) is 30.6 Å². The number of benzene rings is 1. The fourth-order valence-corrected chi connectivity index (χ4v) is 3.46. The fraction of sp³-hybridized carbons (Fsp3) is 0.542. The normalized spacial score (nSPS) is 12.4. The minimum Gasteiger partial charge on any atom is -0.464 e. The number of carbonyl (C=O) groups is 1. The molecule has 2 aromatic rings. The molecule has 0 saturated carbocycles. The summed E-state index contributed by atoms with van der Waals surface area (Å²) in [6.45, 7) is 13.5. The molecular weight excluding hydrogens is 398 g/mol.